The normalized spacial score (nSPS) is 10.1. The highest BCUT2D eigenvalue weighted by atomic mass is 16.5. The summed E-state index contributed by atoms with van der Waals surface area (Å²) in [7, 11) is 4.86. The molecule has 0 aromatic heterocycles. The van der Waals surface area contributed by atoms with E-state index in [9.17, 15) is 4.79 Å². The van der Waals surface area contributed by atoms with Gasteiger partial charge >= 0.3 is 0 Å². The molecular weight excluding hydrogens is 454 g/mol. The lowest BCUT2D eigenvalue weighted by molar-refractivity contribution is 0.102. The molecule has 0 radical (unpaired) electrons. The fourth-order valence-corrected chi connectivity index (χ4v) is 3.27. The second kappa shape index (κ2) is 13.7. The highest BCUT2D eigenvalue weighted by molar-refractivity contribution is 6.05. The number of nitrogens with two attached hydrogens (primary N) is 1. The molecule has 0 unspecified atom stereocenters. The molecule has 0 bridgehead atoms. The number of para-hydroxylation sites is 2. The van der Waals surface area contributed by atoms with E-state index >= 15 is 0 Å². The molecule has 0 fully saturated rings. The average molecular weight is 492 g/mol. The zero-order chi connectivity index (χ0) is 26.7. The number of ether oxygens (including phenoxy) is 3. The van der Waals surface area contributed by atoms with Crippen LogP contribution in [0.3, 0.4) is 0 Å². The number of amides is 1. The minimum absolute atomic E-state index is 0.174. The Bertz CT molecular complexity index is 1130. The van der Waals surface area contributed by atoms with E-state index in [1.807, 2.05) is 43.3 Å². The average Bonchev–Trinajstić information content (AvgIpc) is 2.88. The number of rotatable bonds is 9. The van der Waals surface area contributed by atoms with Crippen molar-refractivity contribution in [2.75, 3.05) is 32.4 Å². The minimum atomic E-state index is -0.174. The predicted molar refractivity (Wildman–Crippen MR) is 147 cm³/mol. The second-order valence-corrected chi connectivity index (χ2v) is 8.49. The van der Waals surface area contributed by atoms with Gasteiger partial charge in [-0.15, -0.1) is 0 Å². The van der Waals surface area contributed by atoms with Crippen molar-refractivity contribution in [2.24, 2.45) is 0 Å². The highest BCUT2D eigenvalue weighted by Crippen LogP contribution is 2.39. The van der Waals surface area contributed by atoms with Gasteiger partial charge < -0.3 is 30.6 Å². The lowest BCUT2D eigenvalue weighted by atomic mass is 10.0. The summed E-state index contributed by atoms with van der Waals surface area (Å²) < 4.78 is 15.8. The molecule has 3 aromatic carbocycles. The van der Waals surface area contributed by atoms with Gasteiger partial charge in [-0.1, -0.05) is 44.7 Å². The van der Waals surface area contributed by atoms with E-state index in [-0.39, 0.29) is 5.91 Å². The van der Waals surface area contributed by atoms with Crippen molar-refractivity contribution in [1.82, 2.24) is 5.32 Å². The number of carbonyl (C=O) groups is 1. The van der Waals surface area contributed by atoms with Gasteiger partial charge in [0.2, 0.25) is 5.75 Å². The zero-order valence-corrected chi connectivity index (χ0v) is 22.0. The third-order valence-electron chi connectivity index (χ3n) is 5.37. The fraction of sp³-hybridized carbons (Fsp3) is 0.276. The number of hydrogen-bond acceptors (Lipinski definition) is 6. The first-order valence-electron chi connectivity index (χ1n) is 11.6. The smallest absolute Gasteiger partial charge is 0.255 e. The molecule has 0 aliphatic rings. The van der Waals surface area contributed by atoms with Crippen LogP contribution in [0.15, 0.2) is 72.9 Å². The molecule has 0 saturated heterocycles. The zero-order valence-electron chi connectivity index (χ0n) is 22.0. The van der Waals surface area contributed by atoms with Crippen molar-refractivity contribution in [3.63, 3.8) is 0 Å². The van der Waals surface area contributed by atoms with E-state index in [2.05, 4.69) is 31.1 Å². The van der Waals surface area contributed by atoms with Crippen LogP contribution in [0.1, 0.15) is 48.2 Å². The van der Waals surface area contributed by atoms with E-state index in [0.717, 1.165) is 11.3 Å². The van der Waals surface area contributed by atoms with E-state index in [4.69, 9.17) is 19.9 Å². The second-order valence-electron chi connectivity index (χ2n) is 8.49. The molecule has 192 valence electrons. The van der Waals surface area contributed by atoms with Crippen LogP contribution in [-0.4, -0.2) is 27.2 Å². The maximum absolute atomic E-state index is 12.1. The summed E-state index contributed by atoms with van der Waals surface area (Å²) in [5.41, 5.74) is 10.7. The molecule has 1 amide bonds. The predicted octanol–water partition coefficient (Wildman–Crippen LogP) is 5.98. The first kappa shape index (κ1) is 28.1. The van der Waals surface area contributed by atoms with Crippen molar-refractivity contribution in [2.45, 2.75) is 33.2 Å². The Hall–Kier alpha value is -4.13. The Morgan fingerprint density at radius 3 is 2.00 bits per heavy atom. The Kier molecular flexibility index (Phi) is 10.7. The van der Waals surface area contributed by atoms with Crippen LogP contribution in [-0.2, 0) is 6.54 Å². The van der Waals surface area contributed by atoms with Gasteiger partial charge in [0.25, 0.3) is 5.91 Å². The summed E-state index contributed by atoms with van der Waals surface area (Å²) in [6.45, 7) is 10.6. The van der Waals surface area contributed by atoms with Crippen LogP contribution in [0.5, 0.6) is 17.2 Å². The minimum Gasteiger partial charge on any atom is -0.493 e. The molecule has 0 heterocycles. The van der Waals surface area contributed by atoms with E-state index in [1.54, 1.807) is 45.6 Å². The molecule has 0 saturated carbocycles. The Morgan fingerprint density at radius 1 is 0.944 bits per heavy atom. The first-order valence-corrected chi connectivity index (χ1v) is 11.6. The third-order valence-corrected chi connectivity index (χ3v) is 5.37. The van der Waals surface area contributed by atoms with Crippen LogP contribution >= 0.6 is 0 Å². The number of nitrogens with one attached hydrogen (secondary N) is 2. The van der Waals surface area contributed by atoms with Gasteiger partial charge in [-0.3, -0.25) is 4.79 Å². The van der Waals surface area contributed by atoms with Gasteiger partial charge in [0.1, 0.15) is 0 Å². The van der Waals surface area contributed by atoms with Crippen molar-refractivity contribution < 1.29 is 19.0 Å². The maximum atomic E-state index is 12.1. The lowest BCUT2D eigenvalue weighted by Gasteiger charge is -2.15. The monoisotopic (exact) mass is 491 g/mol. The van der Waals surface area contributed by atoms with E-state index in [1.165, 1.54) is 5.56 Å². The number of benzene rings is 3. The summed E-state index contributed by atoms with van der Waals surface area (Å²) in [5, 5.41) is 5.95. The Morgan fingerprint density at radius 2 is 1.53 bits per heavy atom. The summed E-state index contributed by atoms with van der Waals surface area (Å²) in [5.74, 6) is 2.32. The summed E-state index contributed by atoms with van der Waals surface area (Å²) in [6, 6.07) is 18.6. The Labute approximate surface area is 214 Å². The third kappa shape index (κ3) is 7.98. The van der Waals surface area contributed by atoms with Crippen LogP contribution in [0, 0.1) is 0 Å². The number of allylic oxidation sites excluding steroid dienone is 1. The molecule has 7 heteroatoms. The van der Waals surface area contributed by atoms with Gasteiger partial charge in [-0.25, -0.2) is 0 Å². The molecule has 4 N–H and O–H groups in total. The van der Waals surface area contributed by atoms with Gasteiger partial charge in [-0.2, -0.15) is 0 Å². The van der Waals surface area contributed by atoms with Gasteiger partial charge in [0.15, 0.2) is 11.5 Å². The van der Waals surface area contributed by atoms with Crippen molar-refractivity contribution in [1.29, 1.82) is 0 Å². The quantitative estimate of drug-likeness (QED) is 0.319. The van der Waals surface area contributed by atoms with Crippen LogP contribution in [0.4, 0.5) is 11.4 Å². The lowest BCUT2D eigenvalue weighted by Crippen LogP contribution is -2.13. The summed E-state index contributed by atoms with van der Waals surface area (Å²) in [4.78, 5) is 12.1. The van der Waals surface area contributed by atoms with Gasteiger partial charge in [-0.05, 0) is 60.4 Å². The largest absolute Gasteiger partial charge is 0.493 e. The molecule has 3 aromatic rings. The number of hydrogen-bond donors (Lipinski definition) is 3. The molecule has 0 spiro atoms. The molecular formula is C29H37N3O4. The fourth-order valence-electron chi connectivity index (χ4n) is 3.27. The number of methoxy groups -OCH3 is 3. The SMILES string of the molecule is C=C(C)NCc1ccc(C(=O)Nc2ccccc2N)cc1.COc1cc(C(C)C)cc(OC)c1OC. The Balaban J connectivity index is 0.000000269. The van der Waals surface area contributed by atoms with Crippen molar-refractivity contribution in [3.8, 4) is 17.2 Å². The van der Waals surface area contributed by atoms with Crippen LogP contribution in [0.25, 0.3) is 0 Å². The maximum Gasteiger partial charge on any atom is 0.255 e. The standard InChI is InChI=1S/C17H19N3O.C12H18O3/c1-12(2)19-11-13-7-9-14(10-8-13)17(21)20-16-6-4-3-5-15(16)18;1-8(2)9-6-10(13-3)12(15-5)11(7-9)14-4/h3-10,19H,1,11,18H2,2H3,(H,20,21);6-8H,1-5H3. The van der Waals surface area contributed by atoms with Crippen LogP contribution < -0.4 is 30.6 Å². The van der Waals surface area contributed by atoms with Crippen molar-refractivity contribution in [3.05, 3.63) is 89.6 Å². The number of carbonyl (C=O) groups excluding carboxylic acids is 1. The van der Waals surface area contributed by atoms with Crippen molar-refractivity contribution >= 4 is 17.3 Å². The molecule has 36 heavy (non-hydrogen) atoms. The van der Waals surface area contributed by atoms with Gasteiger partial charge in [0, 0.05) is 17.8 Å². The summed E-state index contributed by atoms with van der Waals surface area (Å²) >= 11 is 0. The van der Waals surface area contributed by atoms with E-state index < -0.39 is 0 Å². The number of nitrogen functional groups attached to an aromatic ring is 1. The van der Waals surface area contributed by atoms with Gasteiger partial charge in [0.05, 0.1) is 32.7 Å². The summed E-state index contributed by atoms with van der Waals surface area (Å²) in [6.07, 6.45) is 0. The molecule has 7 nitrogen and oxygen atoms in total. The highest BCUT2D eigenvalue weighted by Gasteiger charge is 2.14. The van der Waals surface area contributed by atoms with Crippen LogP contribution in [0.2, 0.25) is 0 Å². The first-order chi connectivity index (χ1) is 17.2. The molecule has 0 atom stereocenters. The number of anilines is 2. The molecule has 3 rings (SSSR count). The molecule has 0 aliphatic carbocycles. The topological polar surface area (TPSA) is 94.8 Å². The molecule has 0 aliphatic heterocycles. The van der Waals surface area contributed by atoms with E-state index in [0.29, 0.717) is 46.6 Å².